The molecule has 1 aliphatic carbocycles. The zero-order chi connectivity index (χ0) is 40.7. The van der Waals surface area contributed by atoms with Gasteiger partial charge in [0.2, 0.25) is 0 Å². The number of aromatic carboxylic acids is 1. The van der Waals surface area contributed by atoms with Crippen molar-refractivity contribution in [3.05, 3.63) is 116 Å². The molecule has 306 valence electrons. The van der Waals surface area contributed by atoms with E-state index < -0.39 is 23.5 Å². The minimum Gasteiger partial charge on any atom is -1.00 e. The zero-order valence-electron chi connectivity index (χ0n) is 36.3. The van der Waals surface area contributed by atoms with Crippen LogP contribution in [0.2, 0.25) is 0 Å². The third-order valence-electron chi connectivity index (χ3n) is 10.7. The largest absolute Gasteiger partial charge is 1.00 e. The van der Waals surface area contributed by atoms with Crippen molar-refractivity contribution in [1.29, 1.82) is 0 Å². The van der Waals surface area contributed by atoms with Crippen molar-refractivity contribution >= 4 is 45.8 Å². The van der Waals surface area contributed by atoms with Gasteiger partial charge in [-0.05, 0) is 118 Å². The first-order valence-electron chi connectivity index (χ1n) is 19.4. The maximum absolute atomic E-state index is 15.3. The predicted octanol–water partition coefficient (Wildman–Crippen LogP) is 1.50. The van der Waals surface area contributed by atoms with E-state index in [0.717, 1.165) is 59.4 Å². The number of fused-ring (bicyclic) bond motifs is 1. The normalized spacial score (nSPS) is 14.6. The number of nitrogens with one attached hydrogen (secondary N) is 3. The molecule has 0 spiro atoms. The minimum atomic E-state index is -1.06. The van der Waals surface area contributed by atoms with Gasteiger partial charge in [0.15, 0.2) is 0 Å². The van der Waals surface area contributed by atoms with Crippen LogP contribution < -0.4 is 75.1 Å². The van der Waals surface area contributed by atoms with Crippen molar-refractivity contribution in [3.63, 3.8) is 0 Å². The molecule has 1 aliphatic heterocycles. The number of rotatable bonds is 14. The van der Waals surface area contributed by atoms with Gasteiger partial charge in [0.1, 0.15) is 16.6 Å². The molecule has 0 unspecified atom stereocenters. The Morgan fingerprint density at radius 3 is 2.24 bits per heavy atom. The third-order valence-corrected chi connectivity index (χ3v) is 11.9. The fraction of sp³-hybridized carbons (Fsp3) is 0.395. The standard InChI is InChI=1S/C43H49F2N5O6S.2Na.2H/c1-43(2)26-49(42(56)46-18-5-6-21-51)19-20-50(43)25-28-8-7-9-30(22-28)38(52)48-40-37(33-10-3-4-11-36(33)57-40)39(53)47-31-23-34(44)32(35(45)24-31)17-14-27-12-15-29(16-13-27)41(54)55;;;;/h7-9,12-13,15-16,22-24,51H,3-6,10-11,14,17-21,25-26H2,1-2H3,(H,46,56)(H,47,53)(H,48,52)(H,54,55);;;;/q;2*+1;2*-1. The summed E-state index contributed by atoms with van der Waals surface area (Å²) in [4.78, 5) is 56.6. The van der Waals surface area contributed by atoms with Gasteiger partial charge >= 0.3 is 71.1 Å². The van der Waals surface area contributed by atoms with E-state index >= 15 is 8.78 Å². The molecule has 16 heteroatoms. The first kappa shape index (κ1) is 48.5. The smallest absolute Gasteiger partial charge is 1.00 e. The number of carboxylic acids is 1. The molecule has 4 aromatic rings. The van der Waals surface area contributed by atoms with Crippen LogP contribution in [-0.2, 0) is 32.2 Å². The number of piperazine rings is 1. The molecule has 11 nitrogen and oxygen atoms in total. The molecule has 3 aromatic carbocycles. The molecule has 2 heterocycles. The van der Waals surface area contributed by atoms with Gasteiger partial charge in [0.05, 0.1) is 11.1 Å². The van der Waals surface area contributed by atoms with Crippen LogP contribution in [0.1, 0.15) is 101 Å². The number of anilines is 2. The monoisotopic (exact) mass is 849 g/mol. The Morgan fingerprint density at radius 1 is 0.847 bits per heavy atom. The summed E-state index contributed by atoms with van der Waals surface area (Å²) < 4.78 is 30.5. The number of nitrogens with zero attached hydrogens (tertiary/aromatic N) is 2. The number of hydrogen-bond donors (Lipinski definition) is 5. The van der Waals surface area contributed by atoms with E-state index in [9.17, 15) is 19.2 Å². The van der Waals surface area contributed by atoms with Crippen LogP contribution in [-0.4, -0.2) is 82.2 Å². The number of benzene rings is 3. The van der Waals surface area contributed by atoms with Crippen LogP contribution in [0.15, 0.2) is 60.7 Å². The molecular formula is C43H51F2N5Na2O6S. The van der Waals surface area contributed by atoms with Gasteiger partial charge in [-0.2, -0.15) is 0 Å². The predicted molar refractivity (Wildman–Crippen MR) is 218 cm³/mol. The number of aliphatic hydroxyl groups is 1. The molecule has 1 saturated heterocycles. The Balaban J connectivity index is 0.00000320. The summed E-state index contributed by atoms with van der Waals surface area (Å²) in [6, 6.07) is 15.5. The van der Waals surface area contributed by atoms with Crippen LogP contribution in [0.4, 0.5) is 24.3 Å². The Bertz CT molecular complexity index is 2120. The molecule has 0 atom stereocenters. The Kier molecular flexibility index (Phi) is 18.1. The Labute approximate surface area is 394 Å². The van der Waals surface area contributed by atoms with Crippen LogP contribution >= 0.6 is 11.3 Å². The molecular weight excluding hydrogens is 799 g/mol. The van der Waals surface area contributed by atoms with E-state index in [2.05, 4.69) is 34.7 Å². The number of carboxylic acid groups (broad SMARTS) is 1. The number of thiophene rings is 1. The van der Waals surface area contributed by atoms with Crippen molar-refractivity contribution in [2.45, 2.75) is 77.3 Å². The first-order chi connectivity index (χ1) is 27.3. The summed E-state index contributed by atoms with van der Waals surface area (Å²) in [6.45, 7) is 7.08. The molecule has 0 saturated carbocycles. The van der Waals surface area contributed by atoms with Crippen LogP contribution in [0, 0.1) is 11.6 Å². The summed E-state index contributed by atoms with van der Waals surface area (Å²) >= 11 is 1.35. The number of hydrogen-bond acceptors (Lipinski definition) is 7. The molecule has 6 rings (SSSR count). The SMILES string of the molecule is CC1(C)CN(C(=O)NCCCCO)CCN1Cc1cccc(C(=O)Nc2sc3c(c2C(=O)Nc2cc(F)c(CCc4ccc(C(=O)O)cc4)c(F)c2)CCCC3)c1.[H-].[H-].[Na+].[Na+]. The molecule has 4 amide bonds. The van der Waals surface area contributed by atoms with Gasteiger partial charge in [-0.15, -0.1) is 11.3 Å². The van der Waals surface area contributed by atoms with E-state index in [4.69, 9.17) is 10.2 Å². The van der Waals surface area contributed by atoms with Crippen molar-refractivity contribution < 1.29 is 100 Å². The second-order valence-electron chi connectivity index (χ2n) is 15.3. The van der Waals surface area contributed by atoms with Gasteiger partial charge in [-0.25, -0.2) is 18.4 Å². The van der Waals surface area contributed by atoms with E-state index in [1.54, 1.807) is 18.2 Å². The van der Waals surface area contributed by atoms with Crippen molar-refractivity contribution in [2.24, 2.45) is 0 Å². The first-order valence-corrected chi connectivity index (χ1v) is 20.2. The summed E-state index contributed by atoms with van der Waals surface area (Å²) in [5, 5.41) is 27.1. The van der Waals surface area contributed by atoms with Gasteiger partial charge in [0, 0.05) is 66.6 Å². The topological polar surface area (TPSA) is 151 Å². The molecule has 1 aromatic heterocycles. The van der Waals surface area contributed by atoms with E-state index in [0.29, 0.717) is 61.7 Å². The third kappa shape index (κ3) is 12.5. The van der Waals surface area contributed by atoms with E-state index in [1.807, 2.05) is 23.1 Å². The summed E-state index contributed by atoms with van der Waals surface area (Å²) in [7, 11) is 0. The summed E-state index contributed by atoms with van der Waals surface area (Å²) in [6.07, 6.45) is 4.91. The maximum Gasteiger partial charge on any atom is 1.00 e. The minimum absolute atomic E-state index is 0. The maximum atomic E-state index is 15.3. The Hall–Kier alpha value is -3.18. The molecule has 0 radical (unpaired) electrons. The fourth-order valence-electron chi connectivity index (χ4n) is 7.49. The van der Waals surface area contributed by atoms with Crippen LogP contribution in [0.5, 0.6) is 0 Å². The number of urea groups is 1. The molecule has 0 bridgehead atoms. The molecule has 2 aliphatic rings. The van der Waals surface area contributed by atoms with Crippen LogP contribution in [0.3, 0.4) is 0 Å². The van der Waals surface area contributed by atoms with Gasteiger partial charge in [-0.3, -0.25) is 14.5 Å². The summed E-state index contributed by atoms with van der Waals surface area (Å²) in [5.41, 5.74) is 2.80. The van der Waals surface area contributed by atoms with E-state index in [-0.39, 0.29) is 116 Å². The van der Waals surface area contributed by atoms with Gasteiger partial charge in [-0.1, -0.05) is 24.3 Å². The van der Waals surface area contributed by atoms with Gasteiger partial charge in [0.25, 0.3) is 11.8 Å². The number of carbonyl (C=O) groups excluding carboxylic acids is 3. The number of amides is 4. The van der Waals surface area contributed by atoms with Crippen molar-refractivity contribution in [1.82, 2.24) is 15.1 Å². The molecule has 59 heavy (non-hydrogen) atoms. The quantitative estimate of drug-likeness (QED) is 0.0955. The van der Waals surface area contributed by atoms with Crippen molar-refractivity contribution in [3.8, 4) is 0 Å². The Morgan fingerprint density at radius 2 is 1.56 bits per heavy atom. The average Bonchev–Trinajstić information content (AvgIpc) is 3.55. The second kappa shape index (κ2) is 22.1. The molecule has 5 N–H and O–H groups in total. The number of carbonyl (C=O) groups is 4. The molecule has 1 fully saturated rings. The van der Waals surface area contributed by atoms with E-state index in [1.165, 1.54) is 23.5 Å². The number of unbranched alkanes of at least 4 members (excludes halogenated alkanes) is 1. The number of aryl methyl sites for hydroxylation is 2. The zero-order valence-corrected chi connectivity index (χ0v) is 39.1. The average molecular weight is 850 g/mol. The van der Waals surface area contributed by atoms with Gasteiger partial charge < -0.3 is 33.9 Å². The van der Waals surface area contributed by atoms with Crippen molar-refractivity contribution in [2.75, 3.05) is 43.4 Å². The number of halogens is 2. The number of aliphatic hydroxyl groups excluding tert-OH is 1. The second-order valence-corrected chi connectivity index (χ2v) is 16.4. The van der Waals surface area contributed by atoms with Crippen LogP contribution in [0.25, 0.3) is 0 Å². The summed E-state index contributed by atoms with van der Waals surface area (Å²) in [5.74, 6) is -3.63. The fourth-order valence-corrected chi connectivity index (χ4v) is 8.77.